The monoisotopic (exact) mass is 312 g/mol. The van der Waals surface area contributed by atoms with Crippen molar-refractivity contribution < 1.29 is 19.3 Å². The largest absolute Gasteiger partial charge is 0.489 e. The Morgan fingerprint density at radius 2 is 1.23 bits per heavy atom. The standard InChI is InChI=1S/C14H20N2O6/c1-3-5-7-21-13-9-11(15(17)18)12(16(19)20)10-14(13)22-8-6-4-2/h9-10H,3-8H2,1-2H3. The highest BCUT2D eigenvalue weighted by atomic mass is 16.6. The van der Waals surface area contributed by atoms with Crippen LogP contribution in [-0.4, -0.2) is 23.1 Å². The summed E-state index contributed by atoms with van der Waals surface area (Å²) in [6.45, 7) is 4.71. The maximum atomic E-state index is 11.0. The van der Waals surface area contributed by atoms with Crippen molar-refractivity contribution in [2.45, 2.75) is 39.5 Å². The zero-order valence-electron chi connectivity index (χ0n) is 12.7. The molecule has 8 heteroatoms. The molecule has 0 saturated carbocycles. The molecule has 22 heavy (non-hydrogen) atoms. The van der Waals surface area contributed by atoms with Crippen LogP contribution in [0.5, 0.6) is 11.5 Å². The van der Waals surface area contributed by atoms with E-state index in [-0.39, 0.29) is 11.5 Å². The van der Waals surface area contributed by atoms with Crippen LogP contribution in [0.1, 0.15) is 39.5 Å². The fraction of sp³-hybridized carbons (Fsp3) is 0.571. The first kappa shape index (κ1) is 17.7. The van der Waals surface area contributed by atoms with Crippen LogP contribution in [0.3, 0.4) is 0 Å². The van der Waals surface area contributed by atoms with Gasteiger partial charge in [-0.15, -0.1) is 0 Å². The summed E-state index contributed by atoms with van der Waals surface area (Å²) in [5.41, 5.74) is -1.20. The molecule has 0 fully saturated rings. The van der Waals surface area contributed by atoms with Gasteiger partial charge in [0.2, 0.25) is 0 Å². The molecule has 0 aliphatic rings. The van der Waals surface area contributed by atoms with Gasteiger partial charge in [-0.2, -0.15) is 0 Å². The van der Waals surface area contributed by atoms with Gasteiger partial charge in [-0.3, -0.25) is 20.2 Å². The second-order valence-corrected chi connectivity index (χ2v) is 4.71. The van der Waals surface area contributed by atoms with Crippen LogP contribution in [0.2, 0.25) is 0 Å². The molecule has 0 spiro atoms. The summed E-state index contributed by atoms with van der Waals surface area (Å²) in [5.74, 6) is 0.337. The van der Waals surface area contributed by atoms with Crippen molar-refractivity contribution in [2.75, 3.05) is 13.2 Å². The maximum Gasteiger partial charge on any atom is 0.350 e. The van der Waals surface area contributed by atoms with Crippen LogP contribution in [0.25, 0.3) is 0 Å². The van der Waals surface area contributed by atoms with Gasteiger partial charge in [-0.25, -0.2) is 0 Å². The Hall–Kier alpha value is -2.38. The third-order valence-electron chi connectivity index (χ3n) is 2.95. The molecule has 0 atom stereocenters. The van der Waals surface area contributed by atoms with E-state index in [4.69, 9.17) is 9.47 Å². The molecule has 8 nitrogen and oxygen atoms in total. The molecule has 0 aromatic heterocycles. The van der Waals surface area contributed by atoms with Crippen molar-refractivity contribution in [2.24, 2.45) is 0 Å². The lowest BCUT2D eigenvalue weighted by Gasteiger charge is -2.12. The third-order valence-corrected chi connectivity index (χ3v) is 2.95. The van der Waals surface area contributed by atoms with Crippen molar-refractivity contribution in [1.82, 2.24) is 0 Å². The van der Waals surface area contributed by atoms with E-state index in [9.17, 15) is 20.2 Å². The lowest BCUT2D eigenvalue weighted by atomic mass is 10.2. The molecule has 0 saturated heterocycles. The first-order valence-corrected chi connectivity index (χ1v) is 7.23. The van der Waals surface area contributed by atoms with E-state index in [0.29, 0.717) is 13.2 Å². The van der Waals surface area contributed by atoms with Crippen LogP contribution < -0.4 is 9.47 Å². The number of hydrogen-bond donors (Lipinski definition) is 0. The Bertz CT molecular complexity index is 485. The zero-order chi connectivity index (χ0) is 16.5. The van der Waals surface area contributed by atoms with Crippen molar-refractivity contribution in [3.8, 4) is 11.5 Å². The quantitative estimate of drug-likeness (QED) is 0.369. The van der Waals surface area contributed by atoms with E-state index in [0.717, 1.165) is 37.8 Å². The SMILES string of the molecule is CCCCOc1cc([N+](=O)[O-])c([N+](=O)[O-])cc1OCCCC. The molecule has 0 amide bonds. The van der Waals surface area contributed by atoms with Gasteiger partial charge in [-0.1, -0.05) is 26.7 Å². The summed E-state index contributed by atoms with van der Waals surface area (Å²) in [6.07, 6.45) is 3.36. The summed E-state index contributed by atoms with van der Waals surface area (Å²) < 4.78 is 11.0. The van der Waals surface area contributed by atoms with Gasteiger partial charge in [0, 0.05) is 0 Å². The van der Waals surface area contributed by atoms with E-state index in [2.05, 4.69) is 0 Å². The molecule has 0 aliphatic heterocycles. The van der Waals surface area contributed by atoms with Crippen LogP contribution in [0, 0.1) is 20.2 Å². The second-order valence-electron chi connectivity index (χ2n) is 4.71. The molecule has 0 unspecified atom stereocenters. The predicted molar refractivity (Wildman–Crippen MR) is 80.6 cm³/mol. The summed E-state index contributed by atoms with van der Waals surface area (Å²) in [4.78, 5) is 20.4. The molecular formula is C14H20N2O6. The summed E-state index contributed by atoms with van der Waals surface area (Å²) in [5, 5.41) is 22.0. The second kappa shape index (κ2) is 8.81. The lowest BCUT2D eigenvalue weighted by Crippen LogP contribution is -2.05. The maximum absolute atomic E-state index is 11.0. The van der Waals surface area contributed by atoms with E-state index < -0.39 is 21.2 Å². The van der Waals surface area contributed by atoms with Crippen LogP contribution >= 0.6 is 0 Å². The molecule has 0 aliphatic carbocycles. The first-order chi connectivity index (χ1) is 10.5. The molecular weight excluding hydrogens is 292 g/mol. The van der Waals surface area contributed by atoms with E-state index in [1.807, 2.05) is 13.8 Å². The van der Waals surface area contributed by atoms with Gasteiger partial charge in [0.1, 0.15) is 0 Å². The Balaban J connectivity index is 3.14. The molecule has 0 bridgehead atoms. The predicted octanol–water partition coefficient (Wildman–Crippen LogP) is 3.86. The molecule has 0 N–H and O–H groups in total. The lowest BCUT2D eigenvalue weighted by molar-refractivity contribution is -0.422. The van der Waals surface area contributed by atoms with Gasteiger partial charge >= 0.3 is 11.4 Å². The van der Waals surface area contributed by atoms with Gasteiger partial charge in [0.25, 0.3) is 0 Å². The first-order valence-electron chi connectivity index (χ1n) is 7.23. The highest BCUT2D eigenvalue weighted by molar-refractivity contribution is 5.62. The van der Waals surface area contributed by atoms with Gasteiger partial charge in [0.05, 0.1) is 35.2 Å². The number of nitro benzene ring substituents is 2. The smallest absolute Gasteiger partial charge is 0.350 e. The van der Waals surface area contributed by atoms with Crippen molar-refractivity contribution in [3.05, 3.63) is 32.4 Å². The normalized spacial score (nSPS) is 10.3. The third kappa shape index (κ3) is 4.87. The number of rotatable bonds is 10. The zero-order valence-corrected chi connectivity index (χ0v) is 12.7. The van der Waals surface area contributed by atoms with Crippen molar-refractivity contribution in [3.63, 3.8) is 0 Å². The Kier molecular flexibility index (Phi) is 7.07. The highest BCUT2D eigenvalue weighted by Gasteiger charge is 2.28. The average molecular weight is 312 g/mol. The molecule has 1 aromatic rings. The number of nitro groups is 2. The number of unbranched alkanes of at least 4 members (excludes halogenated alkanes) is 2. The summed E-state index contributed by atoms with van der Waals surface area (Å²) in [6, 6.07) is 2.13. The Labute approximate surface area is 128 Å². The highest BCUT2D eigenvalue weighted by Crippen LogP contribution is 2.39. The van der Waals surface area contributed by atoms with Crippen molar-refractivity contribution in [1.29, 1.82) is 0 Å². The number of benzene rings is 1. The minimum absolute atomic E-state index is 0.168. The van der Waals surface area contributed by atoms with Gasteiger partial charge in [0.15, 0.2) is 11.5 Å². The summed E-state index contributed by atoms with van der Waals surface area (Å²) in [7, 11) is 0. The van der Waals surface area contributed by atoms with E-state index in [1.54, 1.807) is 0 Å². The van der Waals surface area contributed by atoms with E-state index >= 15 is 0 Å². The molecule has 0 radical (unpaired) electrons. The fourth-order valence-electron chi connectivity index (χ4n) is 1.71. The number of nitrogens with zero attached hydrogens (tertiary/aromatic N) is 2. The minimum atomic E-state index is -0.791. The van der Waals surface area contributed by atoms with Gasteiger partial charge < -0.3 is 9.47 Å². The van der Waals surface area contributed by atoms with Crippen LogP contribution in [0.4, 0.5) is 11.4 Å². The molecule has 122 valence electrons. The Morgan fingerprint density at radius 1 is 0.864 bits per heavy atom. The average Bonchev–Trinajstić information content (AvgIpc) is 2.48. The van der Waals surface area contributed by atoms with Crippen molar-refractivity contribution >= 4 is 11.4 Å². The molecule has 0 heterocycles. The number of hydrogen-bond acceptors (Lipinski definition) is 6. The summed E-state index contributed by atoms with van der Waals surface area (Å²) >= 11 is 0. The fourth-order valence-corrected chi connectivity index (χ4v) is 1.71. The van der Waals surface area contributed by atoms with E-state index in [1.165, 1.54) is 0 Å². The number of ether oxygens (including phenoxy) is 2. The van der Waals surface area contributed by atoms with Gasteiger partial charge in [-0.05, 0) is 12.8 Å². The van der Waals surface area contributed by atoms with Crippen LogP contribution in [0.15, 0.2) is 12.1 Å². The minimum Gasteiger partial charge on any atom is -0.489 e. The Morgan fingerprint density at radius 3 is 1.50 bits per heavy atom. The molecule has 1 aromatic carbocycles. The molecule has 1 rings (SSSR count). The van der Waals surface area contributed by atoms with Crippen LogP contribution in [-0.2, 0) is 0 Å². The topological polar surface area (TPSA) is 105 Å².